The first kappa shape index (κ1) is 8.45. The fraction of sp³-hybridized carbons (Fsp3) is 0.833. The molecule has 0 aromatic carbocycles. The Bertz CT molecular complexity index is 161. The number of hydrogen-bond donors (Lipinski definition) is 3. The summed E-state index contributed by atoms with van der Waals surface area (Å²) in [5.74, 6) is -0.512. The Hall–Kier alpha value is -0.650. The number of aliphatic hydroxyl groups is 2. The predicted octanol–water partition coefficient (Wildman–Crippen LogP) is -2.02. The lowest BCUT2D eigenvalue weighted by Crippen LogP contribution is -2.29. The van der Waals surface area contributed by atoms with Gasteiger partial charge in [0.15, 0.2) is 0 Å². The van der Waals surface area contributed by atoms with Gasteiger partial charge in [-0.1, -0.05) is 0 Å². The standard InChI is InChI=1S/C6H11NO4/c7-3-1-5(4(9)2-8)11-6(3)10/h3-5,8-9H,1-2,7H2/t3-,4-,5-/m1/s1. The highest BCUT2D eigenvalue weighted by Crippen LogP contribution is 2.15. The summed E-state index contributed by atoms with van der Waals surface area (Å²) in [7, 11) is 0. The zero-order valence-electron chi connectivity index (χ0n) is 5.93. The maximum absolute atomic E-state index is 10.7. The van der Waals surface area contributed by atoms with E-state index in [1.165, 1.54) is 0 Å². The molecule has 0 radical (unpaired) electrons. The first-order chi connectivity index (χ1) is 5.15. The number of ether oxygens (including phenoxy) is 1. The monoisotopic (exact) mass is 161 g/mol. The molecule has 1 heterocycles. The minimum absolute atomic E-state index is 0.278. The molecule has 0 aliphatic carbocycles. The molecule has 0 bridgehead atoms. The van der Waals surface area contributed by atoms with Crippen LogP contribution in [0.15, 0.2) is 0 Å². The van der Waals surface area contributed by atoms with Gasteiger partial charge < -0.3 is 20.7 Å². The van der Waals surface area contributed by atoms with E-state index < -0.39 is 30.8 Å². The van der Waals surface area contributed by atoms with Crippen LogP contribution in [0.3, 0.4) is 0 Å². The van der Waals surface area contributed by atoms with Gasteiger partial charge in [0.2, 0.25) is 0 Å². The van der Waals surface area contributed by atoms with Gasteiger partial charge in [-0.15, -0.1) is 0 Å². The van der Waals surface area contributed by atoms with Crippen molar-refractivity contribution in [2.45, 2.75) is 24.7 Å². The molecule has 0 unspecified atom stereocenters. The van der Waals surface area contributed by atoms with E-state index in [9.17, 15) is 4.79 Å². The third-order valence-corrected chi connectivity index (χ3v) is 1.67. The first-order valence-electron chi connectivity index (χ1n) is 3.40. The maximum Gasteiger partial charge on any atom is 0.323 e. The fourth-order valence-corrected chi connectivity index (χ4v) is 0.984. The van der Waals surface area contributed by atoms with Gasteiger partial charge in [-0.2, -0.15) is 0 Å². The highest BCUT2D eigenvalue weighted by molar-refractivity contribution is 5.77. The lowest BCUT2D eigenvalue weighted by molar-refractivity contribution is -0.147. The van der Waals surface area contributed by atoms with Crippen molar-refractivity contribution in [1.29, 1.82) is 0 Å². The molecule has 1 aliphatic rings. The average molecular weight is 161 g/mol. The lowest BCUT2D eigenvalue weighted by atomic mass is 10.1. The highest BCUT2D eigenvalue weighted by atomic mass is 16.6. The molecule has 11 heavy (non-hydrogen) atoms. The summed E-state index contributed by atoms with van der Waals surface area (Å²) < 4.78 is 4.65. The number of carbonyl (C=O) groups excluding carboxylic acids is 1. The van der Waals surface area contributed by atoms with Crippen molar-refractivity contribution in [3.05, 3.63) is 0 Å². The Morgan fingerprint density at radius 2 is 2.45 bits per heavy atom. The summed E-state index contributed by atoms with van der Waals surface area (Å²) in [6.07, 6.45) is -1.37. The third kappa shape index (κ3) is 1.68. The van der Waals surface area contributed by atoms with Crippen molar-refractivity contribution < 1.29 is 19.7 Å². The number of cyclic esters (lactones) is 1. The molecule has 64 valence electrons. The van der Waals surface area contributed by atoms with Crippen LogP contribution in [0.2, 0.25) is 0 Å². The van der Waals surface area contributed by atoms with Crippen molar-refractivity contribution in [3.8, 4) is 0 Å². The molecule has 0 aromatic heterocycles. The minimum atomic E-state index is -1.01. The van der Waals surface area contributed by atoms with Crippen LogP contribution in [0.1, 0.15) is 6.42 Å². The zero-order valence-corrected chi connectivity index (χ0v) is 5.93. The average Bonchev–Trinajstić information content (AvgIpc) is 2.31. The van der Waals surface area contributed by atoms with E-state index in [1.54, 1.807) is 0 Å². The van der Waals surface area contributed by atoms with Crippen molar-refractivity contribution in [1.82, 2.24) is 0 Å². The van der Waals surface area contributed by atoms with Crippen LogP contribution in [-0.4, -0.2) is 41.0 Å². The smallest absolute Gasteiger partial charge is 0.323 e. The molecule has 1 fully saturated rings. The lowest BCUT2D eigenvalue weighted by Gasteiger charge is -2.13. The summed E-state index contributed by atoms with van der Waals surface area (Å²) in [6, 6.07) is -0.652. The van der Waals surface area contributed by atoms with Crippen LogP contribution < -0.4 is 5.73 Å². The molecule has 0 aromatic rings. The van der Waals surface area contributed by atoms with E-state index in [2.05, 4.69) is 4.74 Å². The maximum atomic E-state index is 10.7. The number of rotatable bonds is 2. The van der Waals surface area contributed by atoms with E-state index in [0.29, 0.717) is 0 Å². The van der Waals surface area contributed by atoms with Crippen LogP contribution in [0, 0.1) is 0 Å². The summed E-state index contributed by atoms with van der Waals surface area (Å²) in [4.78, 5) is 10.7. The summed E-state index contributed by atoms with van der Waals surface area (Å²) >= 11 is 0. The molecule has 0 amide bonds. The van der Waals surface area contributed by atoms with Crippen LogP contribution in [0.25, 0.3) is 0 Å². The number of esters is 1. The molecule has 0 spiro atoms. The Kier molecular flexibility index (Phi) is 2.43. The summed E-state index contributed by atoms with van der Waals surface area (Å²) in [5, 5.41) is 17.5. The van der Waals surface area contributed by atoms with Crippen LogP contribution in [0.5, 0.6) is 0 Å². The summed E-state index contributed by atoms with van der Waals surface area (Å²) in [6.45, 7) is -0.412. The molecule has 1 rings (SSSR count). The van der Waals surface area contributed by atoms with Gasteiger partial charge in [-0.25, -0.2) is 0 Å². The van der Waals surface area contributed by atoms with Gasteiger partial charge in [0.1, 0.15) is 18.2 Å². The Labute approximate surface area is 63.8 Å². The van der Waals surface area contributed by atoms with Gasteiger partial charge in [0.25, 0.3) is 0 Å². The molecule has 5 nitrogen and oxygen atoms in total. The van der Waals surface area contributed by atoms with Gasteiger partial charge in [-0.05, 0) is 0 Å². The molecule has 0 saturated carbocycles. The number of nitrogens with two attached hydrogens (primary N) is 1. The fourth-order valence-electron chi connectivity index (χ4n) is 0.984. The Balaban J connectivity index is 2.46. The number of carbonyl (C=O) groups is 1. The first-order valence-corrected chi connectivity index (χ1v) is 3.40. The second-order valence-corrected chi connectivity index (χ2v) is 2.57. The van der Waals surface area contributed by atoms with E-state index in [-0.39, 0.29) is 6.42 Å². The van der Waals surface area contributed by atoms with Crippen molar-refractivity contribution in [2.24, 2.45) is 5.73 Å². The Morgan fingerprint density at radius 1 is 1.82 bits per heavy atom. The van der Waals surface area contributed by atoms with Gasteiger partial charge in [0, 0.05) is 6.42 Å². The van der Waals surface area contributed by atoms with Gasteiger partial charge >= 0.3 is 5.97 Å². The summed E-state index contributed by atoms with van der Waals surface area (Å²) in [5.41, 5.74) is 5.29. The number of aliphatic hydroxyl groups excluding tert-OH is 2. The largest absolute Gasteiger partial charge is 0.458 e. The molecule has 4 N–H and O–H groups in total. The highest BCUT2D eigenvalue weighted by Gasteiger charge is 2.35. The van der Waals surface area contributed by atoms with Gasteiger partial charge in [0.05, 0.1) is 6.61 Å². The minimum Gasteiger partial charge on any atom is -0.458 e. The van der Waals surface area contributed by atoms with Gasteiger partial charge in [-0.3, -0.25) is 4.79 Å². The SMILES string of the molecule is N[C@@H]1C[C@H]([C@H](O)CO)OC1=O. The van der Waals surface area contributed by atoms with Crippen molar-refractivity contribution >= 4 is 5.97 Å². The van der Waals surface area contributed by atoms with E-state index in [1.807, 2.05) is 0 Å². The molecule has 1 aliphatic heterocycles. The second kappa shape index (κ2) is 3.17. The topological polar surface area (TPSA) is 92.8 Å². The zero-order chi connectivity index (χ0) is 8.43. The Morgan fingerprint density at radius 3 is 2.82 bits per heavy atom. The van der Waals surface area contributed by atoms with Crippen molar-refractivity contribution in [3.63, 3.8) is 0 Å². The van der Waals surface area contributed by atoms with Crippen molar-refractivity contribution in [2.75, 3.05) is 6.61 Å². The van der Waals surface area contributed by atoms with Crippen LogP contribution in [-0.2, 0) is 9.53 Å². The molecule has 1 saturated heterocycles. The normalized spacial score (nSPS) is 33.5. The van der Waals surface area contributed by atoms with Crippen LogP contribution in [0.4, 0.5) is 0 Å². The van der Waals surface area contributed by atoms with E-state index >= 15 is 0 Å². The van der Waals surface area contributed by atoms with E-state index in [0.717, 1.165) is 0 Å². The molecular weight excluding hydrogens is 150 g/mol. The molecule has 3 atom stereocenters. The van der Waals surface area contributed by atoms with Crippen LogP contribution >= 0.6 is 0 Å². The number of hydrogen-bond acceptors (Lipinski definition) is 5. The quantitative estimate of drug-likeness (QED) is 0.407. The van der Waals surface area contributed by atoms with E-state index in [4.69, 9.17) is 15.9 Å². The molecule has 5 heteroatoms. The molecular formula is C6H11NO4. The second-order valence-electron chi connectivity index (χ2n) is 2.57. The predicted molar refractivity (Wildman–Crippen MR) is 35.6 cm³/mol. The third-order valence-electron chi connectivity index (χ3n) is 1.67.